The maximum atomic E-state index is 6.13. The predicted octanol–water partition coefficient (Wildman–Crippen LogP) is 7.28. The Morgan fingerprint density at radius 1 is 0.778 bits per heavy atom. The van der Waals surface area contributed by atoms with Gasteiger partial charge in [-0.15, -0.1) is 0 Å². The molecule has 0 N–H and O–H groups in total. The van der Waals surface area contributed by atoms with Crippen molar-refractivity contribution in [3.8, 4) is 0 Å². The van der Waals surface area contributed by atoms with Gasteiger partial charge < -0.3 is 8.98 Å². The summed E-state index contributed by atoms with van der Waals surface area (Å²) in [6, 6.07) is 19.9. The Morgan fingerprint density at radius 2 is 1.63 bits per heavy atom. The smallest absolute Gasteiger partial charge is 0.136 e. The van der Waals surface area contributed by atoms with Gasteiger partial charge >= 0.3 is 0 Å². The lowest BCUT2D eigenvalue weighted by molar-refractivity contribution is 0.444. The number of fused-ring (bicyclic) bond motifs is 7. The van der Waals surface area contributed by atoms with Crippen LogP contribution in [-0.4, -0.2) is 4.57 Å². The van der Waals surface area contributed by atoms with Gasteiger partial charge in [0.25, 0.3) is 0 Å². The van der Waals surface area contributed by atoms with Crippen molar-refractivity contribution >= 4 is 43.7 Å². The zero-order chi connectivity index (χ0) is 18.0. The largest absolute Gasteiger partial charge is 0.456 e. The van der Waals surface area contributed by atoms with Gasteiger partial charge in [-0.05, 0) is 48.6 Å². The molecule has 2 aromatic heterocycles. The van der Waals surface area contributed by atoms with E-state index in [4.69, 9.17) is 4.42 Å². The molecule has 2 heteroatoms. The van der Waals surface area contributed by atoms with Gasteiger partial charge in [0.1, 0.15) is 11.2 Å². The Balaban J connectivity index is 1.69. The summed E-state index contributed by atoms with van der Waals surface area (Å²) in [5.74, 6) is 0.732. The molecular formula is C25H23NO. The van der Waals surface area contributed by atoms with E-state index in [1.807, 2.05) is 6.07 Å². The van der Waals surface area contributed by atoms with Crippen LogP contribution in [0.25, 0.3) is 43.7 Å². The minimum absolute atomic E-state index is 0.732. The molecule has 1 aliphatic carbocycles. The first-order chi connectivity index (χ1) is 13.3. The molecule has 0 unspecified atom stereocenters. The number of aryl methyl sites for hydroxylation is 1. The van der Waals surface area contributed by atoms with Crippen molar-refractivity contribution in [3.63, 3.8) is 0 Å². The maximum Gasteiger partial charge on any atom is 0.136 e. The van der Waals surface area contributed by atoms with Crippen molar-refractivity contribution in [1.29, 1.82) is 0 Å². The Kier molecular flexibility index (Phi) is 3.19. The van der Waals surface area contributed by atoms with Gasteiger partial charge in [-0.2, -0.15) is 0 Å². The first-order valence-corrected chi connectivity index (χ1v) is 10.1. The van der Waals surface area contributed by atoms with E-state index in [-0.39, 0.29) is 0 Å². The Hall–Kier alpha value is -2.74. The summed E-state index contributed by atoms with van der Waals surface area (Å²) in [6.07, 6.45) is 6.83. The summed E-state index contributed by atoms with van der Waals surface area (Å²) in [7, 11) is 2.20. The maximum absolute atomic E-state index is 6.13. The SMILES string of the molecule is Cn1c2cc(C3CCCCC3)ccc2c2c3c(ccc21)oc1ccccc13. The highest BCUT2D eigenvalue weighted by Gasteiger charge is 2.19. The molecule has 1 fully saturated rings. The third-order valence-electron chi connectivity index (χ3n) is 6.61. The van der Waals surface area contributed by atoms with Gasteiger partial charge in [-0.25, -0.2) is 0 Å². The third-order valence-corrected chi connectivity index (χ3v) is 6.61. The molecule has 0 saturated heterocycles. The number of furan rings is 1. The third kappa shape index (κ3) is 2.13. The van der Waals surface area contributed by atoms with E-state index in [9.17, 15) is 0 Å². The summed E-state index contributed by atoms with van der Waals surface area (Å²) in [4.78, 5) is 0. The standard InChI is InChI=1S/C25H23NO/c1-26-20-13-14-23-25(19-9-5-6-10-22(19)27-23)24(20)18-12-11-17(15-21(18)26)16-7-3-2-4-8-16/h5-6,9-16H,2-4,7-8H2,1H3. The molecule has 0 radical (unpaired) electrons. The van der Waals surface area contributed by atoms with Gasteiger partial charge in [0.15, 0.2) is 0 Å². The summed E-state index contributed by atoms with van der Waals surface area (Å²) in [6.45, 7) is 0. The Bertz CT molecular complexity index is 1310. The van der Waals surface area contributed by atoms with E-state index in [2.05, 4.69) is 60.1 Å². The molecule has 1 saturated carbocycles. The molecule has 27 heavy (non-hydrogen) atoms. The van der Waals surface area contributed by atoms with Crippen LogP contribution in [-0.2, 0) is 7.05 Å². The topological polar surface area (TPSA) is 18.1 Å². The van der Waals surface area contributed by atoms with Gasteiger partial charge in [-0.3, -0.25) is 0 Å². The van der Waals surface area contributed by atoms with Gasteiger partial charge in [0.05, 0.1) is 0 Å². The van der Waals surface area contributed by atoms with E-state index in [1.165, 1.54) is 70.2 Å². The molecule has 0 bridgehead atoms. The van der Waals surface area contributed by atoms with Crippen LogP contribution < -0.4 is 0 Å². The van der Waals surface area contributed by atoms with Crippen molar-refractivity contribution in [1.82, 2.24) is 4.57 Å². The fourth-order valence-corrected chi connectivity index (χ4v) is 5.22. The monoisotopic (exact) mass is 353 g/mol. The average Bonchev–Trinajstić information content (AvgIpc) is 3.24. The van der Waals surface area contributed by atoms with E-state index in [0.29, 0.717) is 0 Å². The quantitative estimate of drug-likeness (QED) is 0.310. The molecule has 2 heterocycles. The molecular weight excluding hydrogens is 330 g/mol. The Morgan fingerprint density at radius 3 is 2.52 bits per heavy atom. The minimum Gasteiger partial charge on any atom is -0.456 e. The number of nitrogens with zero attached hydrogens (tertiary/aromatic N) is 1. The Labute approximate surface area is 158 Å². The fourth-order valence-electron chi connectivity index (χ4n) is 5.22. The van der Waals surface area contributed by atoms with E-state index >= 15 is 0 Å². The molecule has 0 aliphatic heterocycles. The zero-order valence-electron chi connectivity index (χ0n) is 15.7. The van der Waals surface area contributed by atoms with Crippen LogP contribution in [0.15, 0.2) is 59.0 Å². The first kappa shape index (κ1) is 15.3. The molecule has 134 valence electrons. The highest BCUT2D eigenvalue weighted by atomic mass is 16.3. The second-order valence-electron chi connectivity index (χ2n) is 8.10. The van der Waals surface area contributed by atoms with Crippen molar-refractivity contribution in [2.45, 2.75) is 38.0 Å². The van der Waals surface area contributed by atoms with E-state index in [1.54, 1.807) is 0 Å². The summed E-state index contributed by atoms with van der Waals surface area (Å²) in [5.41, 5.74) is 6.08. The number of para-hydroxylation sites is 1. The molecule has 5 aromatic rings. The molecule has 1 aliphatic rings. The molecule has 2 nitrogen and oxygen atoms in total. The lowest BCUT2D eigenvalue weighted by Crippen LogP contribution is -2.04. The second-order valence-corrected chi connectivity index (χ2v) is 8.10. The molecule has 3 aromatic carbocycles. The first-order valence-electron chi connectivity index (χ1n) is 10.1. The predicted molar refractivity (Wildman–Crippen MR) is 114 cm³/mol. The van der Waals surface area contributed by atoms with Crippen LogP contribution in [0.2, 0.25) is 0 Å². The number of hydrogen-bond acceptors (Lipinski definition) is 1. The van der Waals surface area contributed by atoms with Crippen LogP contribution in [0.5, 0.6) is 0 Å². The number of aromatic nitrogens is 1. The minimum atomic E-state index is 0.732. The van der Waals surface area contributed by atoms with E-state index < -0.39 is 0 Å². The van der Waals surface area contributed by atoms with Crippen LogP contribution in [0.4, 0.5) is 0 Å². The highest BCUT2D eigenvalue weighted by Crippen LogP contribution is 2.41. The lowest BCUT2D eigenvalue weighted by Gasteiger charge is -2.22. The van der Waals surface area contributed by atoms with Gasteiger partial charge in [0, 0.05) is 39.6 Å². The number of rotatable bonds is 1. The normalized spacial score (nSPS) is 16.2. The van der Waals surface area contributed by atoms with Gasteiger partial charge in [0.2, 0.25) is 0 Å². The fraction of sp³-hybridized carbons (Fsp3) is 0.280. The van der Waals surface area contributed by atoms with E-state index in [0.717, 1.165) is 17.1 Å². The van der Waals surface area contributed by atoms with Crippen LogP contribution in [0.3, 0.4) is 0 Å². The molecule has 6 rings (SSSR count). The number of hydrogen-bond donors (Lipinski definition) is 0. The summed E-state index contributed by atoms with van der Waals surface area (Å²) < 4.78 is 8.49. The van der Waals surface area contributed by atoms with Crippen LogP contribution in [0.1, 0.15) is 43.6 Å². The molecule has 0 atom stereocenters. The summed E-state index contributed by atoms with van der Waals surface area (Å²) in [5, 5.41) is 5.12. The zero-order valence-corrected chi connectivity index (χ0v) is 15.7. The van der Waals surface area contributed by atoms with Crippen LogP contribution in [0, 0.1) is 0 Å². The average molecular weight is 353 g/mol. The van der Waals surface area contributed by atoms with Crippen molar-refractivity contribution in [2.24, 2.45) is 7.05 Å². The summed E-state index contributed by atoms with van der Waals surface area (Å²) >= 11 is 0. The van der Waals surface area contributed by atoms with Crippen molar-refractivity contribution in [3.05, 3.63) is 60.2 Å². The van der Waals surface area contributed by atoms with Crippen LogP contribution >= 0.6 is 0 Å². The van der Waals surface area contributed by atoms with Gasteiger partial charge in [-0.1, -0.05) is 49.6 Å². The molecule has 0 amide bonds. The number of benzene rings is 3. The molecule has 0 spiro atoms. The van der Waals surface area contributed by atoms with Crippen molar-refractivity contribution in [2.75, 3.05) is 0 Å². The second kappa shape index (κ2) is 5.63. The van der Waals surface area contributed by atoms with Crippen molar-refractivity contribution < 1.29 is 4.42 Å². The lowest BCUT2D eigenvalue weighted by atomic mass is 9.84. The highest BCUT2D eigenvalue weighted by molar-refractivity contribution is 6.26.